The van der Waals surface area contributed by atoms with Crippen molar-refractivity contribution < 1.29 is 0 Å². The Balaban J connectivity index is 2.17. The van der Waals surface area contributed by atoms with Crippen LogP contribution in [0.25, 0.3) is 0 Å². The maximum atomic E-state index is 7.45. The second-order valence-corrected chi connectivity index (χ2v) is 4.49. The molecule has 0 aliphatic carbocycles. The van der Waals surface area contributed by atoms with Gasteiger partial charge in [-0.25, -0.2) is 9.97 Å². The molecule has 5 heteroatoms. The van der Waals surface area contributed by atoms with E-state index in [-0.39, 0.29) is 5.84 Å². The van der Waals surface area contributed by atoms with Gasteiger partial charge < -0.3 is 10.6 Å². The first-order valence-electron chi connectivity index (χ1n) is 5.99. The minimum Gasteiger partial charge on any atom is -0.384 e. The van der Waals surface area contributed by atoms with Crippen molar-refractivity contribution in [1.29, 1.82) is 5.41 Å². The molecule has 1 heterocycles. The highest BCUT2D eigenvalue weighted by Crippen LogP contribution is 2.13. The molecule has 1 aromatic carbocycles. The lowest BCUT2D eigenvalue weighted by atomic mass is 10.1. The Morgan fingerprint density at radius 1 is 1.32 bits per heavy atom. The van der Waals surface area contributed by atoms with E-state index in [2.05, 4.69) is 9.97 Å². The predicted octanol–water partition coefficient (Wildman–Crippen LogP) is 1.71. The first kappa shape index (κ1) is 13.0. The quantitative estimate of drug-likeness (QED) is 0.644. The fourth-order valence-corrected chi connectivity index (χ4v) is 1.84. The van der Waals surface area contributed by atoms with E-state index in [4.69, 9.17) is 11.1 Å². The molecule has 0 unspecified atom stereocenters. The number of nitrogens with two attached hydrogens (primary N) is 1. The lowest BCUT2D eigenvalue weighted by Gasteiger charge is -2.18. The van der Waals surface area contributed by atoms with Gasteiger partial charge in [0.05, 0.1) is 0 Å². The molecular formula is C14H17N5. The fourth-order valence-electron chi connectivity index (χ4n) is 1.84. The van der Waals surface area contributed by atoms with Crippen molar-refractivity contribution in [1.82, 2.24) is 9.97 Å². The van der Waals surface area contributed by atoms with Crippen molar-refractivity contribution in [2.24, 2.45) is 5.73 Å². The summed E-state index contributed by atoms with van der Waals surface area (Å²) in [5.41, 5.74) is 8.26. The molecule has 0 fully saturated rings. The zero-order valence-corrected chi connectivity index (χ0v) is 11.1. The van der Waals surface area contributed by atoms with Gasteiger partial charge in [0.2, 0.25) is 0 Å². The standard InChI is InChI=1S/C14H17N5/c1-10-6-13(18-9-17-10)19(2)8-11-4-3-5-12(7-11)14(15)16/h3-7,9H,8H2,1-2H3,(H3,15,16). The van der Waals surface area contributed by atoms with Crippen LogP contribution >= 0.6 is 0 Å². The molecule has 0 aliphatic heterocycles. The molecule has 0 radical (unpaired) electrons. The van der Waals surface area contributed by atoms with Crippen molar-refractivity contribution in [3.63, 3.8) is 0 Å². The zero-order chi connectivity index (χ0) is 13.8. The maximum absolute atomic E-state index is 7.45. The van der Waals surface area contributed by atoms with Gasteiger partial charge in [0, 0.05) is 30.9 Å². The van der Waals surface area contributed by atoms with Crippen molar-refractivity contribution >= 4 is 11.7 Å². The second kappa shape index (κ2) is 5.48. The highest BCUT2D eigenvalue weighted by atomic mass is 15.2. The van der Waals surface area contributed by atoms with Gasteiger partial charge in [-0.2, -0.15) is 0 Å². The number of hydrogen-bond acceptors (Lipinski definition) is 4. The number of rotatable bonds is 4. The number of aryl methyl sites for hydroxylation is 1. The van der Waals surface area contributed by atoms with E-state index in [0.717, 1.165) is 22.6 Å². The van der Waals surface area contributed by atoms with E-state index in [1.807, 2.05) is 49.2 Å². The molecule has 19 heavy (non-hydrogen) atoms. The average molecular weight is 255 g/mol. The first-order valence-corrected chi connectivity index (χ1v) is 5.99. The summed E-state index contributed by atoms with van der Waals surface area (Å²) < 4.78 is 0. The van der Waals surface area contributed by atoms with E-state index >= 15 is 0 Å². The molecule has 0 atom stereocenters. The number of nitrogen functional groups attached to an aromatic ring is 1. The lowest BCUT2D eigenvalue weighted by molar-refractivity contribution is 0.886. The number of nitrogens with one attached hydrogen (secondary N) is 1. The average Bonchev–Trinajstić information content (AvgIpc) is 2.39. The number of aromatic nitrogens is 2. The van der Waals surface area contributed by atoms with Crippen LogP contribution in [0.5, 0.6) is 0 Å². The van der Waals surface area contributed by atoms with Crippen LogP contribution in [0.3, 0.4) is 0 Å². The molecule has 1 aromatic heterocycles. The fraction of sp³-hybridized carbons (Fsp3) is 0.214. The van der Waals surface area contributed by atoms with Gasteiger partial charge in [0.25, 0.3) is 0 Å². The normalized spacial score (nSPS) is 10.2. The number of nitrogens with zero attached hydrogens (tertiary/aromatic N) is 3. The van der Waals surface area contributed by atoms with Crippen LogP contribution in [-0.4, -0.2) is 22.9 Å². The molecule has 0 bridgehead atoms. The van der Waals surface area contributed by atoms with Crippen LogP contribution in [0.4, 0.5) is 5.82 Å². The van der Waals surface area contributed by atoms with Crippen LogP contribution in [0, 0.1) is 12.3 Å². The summed E-state index contributed by atoms with van der Waals surface area (Å²) in [4.78, 5) is 10.4. The van der Waals surface area contributed by atoms with Gasteiger partial charge in [-0.1, -0.05) is 18.2 Å². The molecule has 0 saturated heterocycles. The number of hydrogen-bond donors (Lipinski definition) is 2. The minimum atomic E-state index is 0.0855. The van der Waals surface area contributed by atoms with Gasteiger partial charge in [0.1, 0.15) is 18.0 Å². The molecule has 5 nitrogen and oxygen atoms in total. The topological polar surface area (TPSA) is 78.9 Å². The third kappa shape index (κ3) is 3.28. The highest BCUT2D eigenvalue weighted by molar-refractivity contribution is 5.95. The van der Waals surface area contributed by atoms with Crippen molar-refractivity contribution in [2.45, 2.75) is 13.5 Å². The van der Waals surface area contributed by atoms with Crippen molar-refractivity contribution in [2.75, 3.05) is 11.9 Å². The monoisotopic (exact) mass is 255 g/mol. The highest BCUT2D eigenvalue weighted by Gasteiger charge is 2.05. The Bertz CT molecular complexity index is 594. The summed E-state index contributed by atoms with van der Waals surface area (Å²) in [5.74, 6) is 0.961. The molecule has 2 rings (SSSR count). The van der Waals surface area contributed by atoms with Crippen LogP contribution in [0.15, 0.2) is 36.7 Å². The Kier molecular flexibility index (Phi) is 3.75. The summed E-state index contributed by atoms with van der Waals surface area (Å²) in [6, 6.07) is 9.62. The number of benzene rings is 1. The lowest BCUT2D eigenvalue weighted by Crippen LogP contribution is -2.18. The molecular weight excluding hydrogens is 238 g/mol. The molecule has 2 aromatic rings. The van der Waals surface area contributed by atoms with Crippen LogP contribution in [0.2, 0.25) is 0 Å². The number of anilines is 1. The van der Waals surface area contributed by atoms with Crippen molar-refractivity contribution in [3.05, 3.63) is 53.5 Å². The van der Waals surface area contributed by atoms with Gasteiger partial charge in [0.15, 0.2) is 0 Å². The van der Waals surface area contributed by atoms with Gasteiger partial charge >= 0.3 is 0 Å². The van der Waals surface area contributed by atoms with Crippen LogP contribution < -0.4 is 10.6 Å². The molecule has 0 aliphatic rings. The van der Waals surface area contributed by atoms with Gasteiger partial charge in [-0.3, -0.25) is 5.41 Å². The molecule has 0 saturated carbocycles. The summed E-state index contributed by atoms with van der Waals surface area (Å²) in [7, 11) is 1.97. The zero-order valence-electron chi connectivity index (χ0n) is 11.1. The summed E-state index contributed by atoms with van der Waals surface area (Å²) >= 11 is 0. The smallest absolute Gasteiger partial charge is 0.132 e. The van der Waals surface area contributed by atoms with Crippen LogP contribution in [-0.2, 0) is 6.54 Å². The van der Waals surface area contributed by atoms with E-state index in [1.165, 1.54) is 0 Å². The second-order valence-electron chi connectivity index (χ2n) is 4.49. The Morgan fingerprint density at radius 2 is 2.11 bits per heavy atom. The summed E-state index contributed by atoms with van der Waals surface area (Å²) in [6.07, 6.45) is 1.56. The van der Waals surface area contributed by atoms with Gasteiger partial charge in [-0.15, -0.1) is 0 Å². The number of amidine groups is 1. The maximum Gasteiger partial charge on any atom is 0.132 e. The van der Waals surface area contributed by atoms with Crippen LogP contribution in [0.1, 0.15) is 16.8 Å². The van der Waals surface area contributed by atoms with E-state index in [9.17, 15) is 0 Å². The third-order valence-electron chi connectivity index (χ3n) is 2.84. The van der Waals surface area contributed by atoms with Gasteiger partial charge in [-0.05, 0) is 18.6 Å². The van der Waals surface area contributed by atoms with Crippen molar-refractivity contribution in [3.8, 4) is 0 Å². The molecule has 0 spiro atoms. The first-order chi connectivity index (χ1) is 9.06. The largest absolute Gasteiger partial charge is 0.384 e. The Hall–Kier alpha value is -2.43. The third-order valence-corrected chi connectivity index (χ3v) is 2.84. The predicted molar refractivity (Wildman–Crippen MR) is 76.3 cm³/mol. The minimum absolute atomic E-state index is 0.0855. The SMILES string of the molecule is Cc1cc(N(C)Cc2cccc(C(=N)N)c2)ncn1. The molecule has 3 N–H and O–H groups in total. The summed E-state index contributed by atoms with van der Waals surface area (Å²) in [6.45, 7) is 2.65. The Labute approximate surface area is 112 Å². The summed E-state index contributed by atoms with van der Waals surface area (Å²) in [5, 5.41) is 7.45. The molecule has 0 amide bonds. The van der Waals surface area contributed by atoms with E-state index in [0.29, 0.717) is 6.54 Å². The molecule has 98 valence electrons. The van der Waals surface area contributed by atoms with E-state index < -0.39 is 0 Å². The Morgan fingerprint density at radius 3 is 2.79 bits per heavy atom. The van der Waals surface area contributed by atoms with E-state index in [1.54, 1.807) is 6.33 Å².